The number of rotatable bonds is 10. The van der Waals surface area contributed by atoms with Gasteiger partial charge in [-0.2, -0.15) is 0 Å². The van der Waals surface area contributed by atoms with E-state index in [9.17, 15) is 4.79 Å². The Morgan fingerprint density at radius 2 is 1.48 bits per heavy atom. The van der Waals surface area contributed by atoms with Crippen LogP contribution in [0, 0.1) is 0 Å². The quantitative estimate of drug-likeness (QED) is 0.327. The molecule has 0 saturated carbocycles. The second-order valence-electron chi connectivity index (χ2n) is 8.10. The molecular formula is C25H32O3Si. The van der Waals surface area contributed by atoms with E-state index in [1.54, 1.807) is 12.2 Å². The highest BCUT2D eigenvalue weighted by molar-refractivity contribution is 6.99. The molecule has 0 N–H and O–H groups in total. The van der Waals surface area contributed by atoms with E-state index < -0.39 is 8.32 Å². The number of esters is 1. The second-order valence-corrected chi connectivity index (χ2v) is 12.4. The van der Waals surface area contributed by atoms with Crippen LogP contribution in [0.1, 0.15) is 33.6 Å². The van der Waals surface area contributed by atoms with Crippen LogP contribution in [-0.2, 0) is 14.0 Å². The fourth-order valence-corrected chi connectivity index (χ4v) is 8.26. The van der Waals surface area contributed by atoms with Gasteiger partial charge in [0.05, 0.1) is 13.0 Å². The summed E-state index contributed by atoms with van der Waals surface area (Å²) in [7, 11) is -2.66. The van der Waals surface area contributed by atoms with E-state index in [0.717, 1.165) is 0 Å². The normalized spacial score (nSPS) is 12.8. The number of carbonyl (C=O) groups excluding carboxylic acids is 1. The summed E-state index contributed by atoms with van der Waals surface area (Å²) in [5, 5.41) is 2.28. The van der Waals surface area contributed by atoms with Gasteiger partial charge in [-0.25, -0.2) is 0 Å². The summed E-state index contributed by atoms with van der Waals surface area (Å²) in [6.45, 7) is 14.4. The van der Waals surface area contributed by atoms with E-state index in [4.69, 9.17) is 9.16 Å². The van der Waals surface area contributed by atoms with Gasteiger partial charge in [0.15, 0.2) is 0 Å². The van der Waals surface area contributed by atoms with Crippen molar-refractivity contribution in [1.29, 1.82) is 0 Å². The summed E-state index contributed by atoms with van der Waals surface area (Å²) in [4.78, 5) is 12.0. The van der Waals surface area contributed by atoms with Crippen molar-refractivity contribution in [3.63, 3.8) is 0 Å². The summed E-state index contributed by atoms with van der Waals surface area (Å²) in [5.41, 5.74) is 0. The molecule has 0 amide bonds. The molecule has 3 nitrogen and oxygen atoms in total. The van der Waals surface area contributed by atoms with Crippen molar-refractivity contribution < 1.29 is 14.0 Å². The maximum atomic E-state index is 12.0. The molecule has 0 heterocycles. The van der Waals surface area contributed by atoms with Crippen molar-refractivity contribution in [2.45, 2.75) is 44.8 Å². The lowest BCUT2D eigenvalue weighted by atomic mass is 10.2. The van der Waals surface area contributed by atoms with Gasteiger partial charge in [-0.3, -0.25) is 4.79 Å². The van der Waals surface area contributed by atoms with Crippen molar-refractivity contribution in [2.24, 2.45) is 0 Å². The third-order valence-electron chi connectivity index (χ3n) is 4.94. The molecule has 0 radical (unpaired) electrons. The third kappa shape index (κ3) is 5.55. The zero-order valence-corrected chi connectivity index (χ0v) is 18.8. The second kappa shape index (κ2) is 10.4. The Hall–Kier alpha value is -2.43. The van der Waals surface area contributed by atoms with Gasteiger partial charge in [0.2, 0.25) is 0 Å². The Labute approximate surface area is 176 Å². The van der Waals surface area contributed by atoms with Gasteiger partial charge in [0, 0.05) is 6.42 Å². The first-order valence-electron chi connectivity index (χ1n) is 10.0. The Kier molecular flexibility index (Phi) is 8.17. The van der Waals surface area contributed by atoms with Crippen molar-refractivity contribution in [3.8, 4) is 0 Å². The van der Waals surface area contributed by atoms with Crippen LogP contribution >= 0.6 is 0 Å². The fourth-order valence-electron chi connectivity index (χ4n) is 3.67. The molecule has 1 atom stereocenters. The van der Waals surface area contributed by atoms with Crippen LogP contribution in [0.3, 0.4) is 0 Å². The number of carbonyl (C=O) groups is 1. The fraction of sp³-hybridized carbons (Fsp3) is 0.320. The molecule has 2 aromatic carbocycles. The van der Waals surface area contributed by atoms with Crippen molar-refractivity contribution in [1.82, 2.24) is 0 Å². The summed E-state index contributed by atoms with van der Waals surface area (Å²) in [6.07, 6.45) is 3.67. The molecule has 0 aliphatic heterocycles. The maximum Gasteiger partial charge on any atom is 0.309 e. The predicted octanol–water partition coefficient (Wildman–Crippen LogP) is 4.63. The highest BCUT2D eigenvalue weighted by atomic mass is 28.4. The molecule has 0 spiro atoms. The van der Waals surface area contributed by atoms with E-state index in [0.29, 0.717) is 13.0 Å². The number of hydrogen-bond acceptors (Lipinski definition) is 3. The minimum Gasteiger partial charge on any atom is -0.459 e. The minimum atomic E-state index is -2.66. The lowest BCUT2D eigenvalue weighted by molar-refractivity contribution is -0.149. The van der Waals surface area contributed by atoms with Gasteiger partial charge >= 0.3 is 5.97 Å². The summed E-state index contributed by atoms with van der Waals surface area (Å²) in [6, 6.07) is 20.9. The third-order valence-corrected chi connectivity index (χ3v) is 9.95. The van der Waals surface area contributed by atoms with Crippen LogP contribution in [0.25, 0.3) is 0 Å². The monoisotopic (exact) mass is 408 g/mol. The van der Waals surface area contributed by atoms with E-state index in [-0.39, 0.29) is 23.5 Å². The molecule has 4 heteroatoms. The summed E-state index contributed by atoms with van der Waals surface area (Å²) >= 11 is 0. The Balaban J connectivity index is 2.45. The molecule has 0 aromatic heterocycles. The molecule has 0 fully saturated rings. The number of hydrogen-bond donors (Lipinski definition) is 0. The van der Waals surface area contributed by atoms with Crippen molar-refractivity contribution >= 4 is 24.7 Å². The molecule has 2 rings (SSSR count). The van der Waals surface area contributed by atoms with Crippen LogP contribution in [-0.4, -0.2) is 27.0 Å². The topological polar surface area (TPSA) is 35.5 Å². The van der Waals surface area contributed by atoms with E-state index in [1.807, 2.05) is 12.1 Å². The van der Waals surface area contributed by atoms with Gasteiger partial charge < -0.3 is 9.16 Å². The maximum absolute atomic E-state index is 12.0. The van der Waals surface area contributed by atoms with Crippen molar-refractivity contribution in [2.75, 3.05) is 6.61 Å². The lowest BCUT2D eigenvalue weighted by Crippen LogP contribution is -2.67. The highest BCUT2D eigenvalue weighted by Gasteiger charge is 2.50. The zero-order valence-electron chi connectivity index (χ0n) is 17.8. The van der Waals surface area contributed by atoms with Crippen LogP contribution in [0.2, 0.25) is 5.04 Å². The molecule has 0 saturated heterocycles. The first kappa shape index (κ1) is 22.9. The smallest absolute Gasteiger partial charge is 0.309 e. The summed E-state index contributed by atoms with van der Waals surface area (Å²) in [5.74, 6) is -0.294. The molecule has 0 bridgehead atoms. The number of benzene rings is 2. The molecule has 2 aromatic rings. The summed E-state index contributed by atoms with van der Waals surface area (Å²) < 4.78 is 12.5. The van der Waals surface area contributed by atoms with E-state index >= 15 is 0 Å². The van der Waals surface area contributed by atoms with Gasteiger partial charge in [0.1, 0.15) is 6.10 Å². The minimum absolute atomic E-state index is 0.125. The van der Waals surface area contributed by atoms with Crippen LogP contribution in [0.15, 0.2) is 86.0 Å². The van der Waals surface area contributed by atoms with Crippen LogP contribution in [0.5, 0.6) is 0 Å². The average molecular weight is 409 g/mol. The number of ether oxygens (including phenoxy) is 1. The standard InChI is InChI=1S/C25H32O3Si/c1-6-14-21(28-24(26)15-7-2)20-27-29(25(3,4)5,22-16-10-8-11-17-22)23-18-12-9-13-19-23/h6-13,16-19,21H,1-2,14-15,20H2,3-5H3/t21-/m0/s1. The lowest BCUT2D eigenvalue weighted by Gasteiger charge is -2.43. The Morgan fingerprint density at radius 3 is 1.90 bits per heavy atom. The molecular weight excluding hydrogens is 376 g/mol. The van der Waals surface area contributed by atoms with Crippen molar-refractivity contribution in [3.05, 3.63) is 86.0 Å². The largest absolute Gasteiger partial charge is 0.459 e. The van der Waals surface area contributed by atoms with E-state index in [2.05, 4.69) is 82.5 Å². The average Bonchev–Trinajstić information content (AvgIpc) is 2.69. The zero-order chi connectivity index (χ0) is 21.3. The van der Waals surface area contributed by atoms with Crippen LogP contribution in [0.4, 0.5) is 0 Å². The van der Waals surface area contributed by atoms with Gasteiger partial charge in [0.25, 0.3) is 8.32 Å². The highest BCUT2D eigenvalue weighted by Crippen LogP contribution is 2.37. The van der Waals surface area contributed by atoms with Crippen LogP contribution < -0.4 is 10.4 Å². The first-order valence-corrected chi connectivity index (χ1v) is 11.9. The molecule has 154 valence electrons. The molecule has 29 heavy (non-hydrogen) atoms. The Morgan fingerprint density at radius 1 is 0.966 bits per heavy atom. The predicted molar refractivity (Wildman–Crippen MR) is 123 cm³/mol. The molecule has 0 unspecified atom stereocenters. The SMILES string of the molecule is C=CCC(=O)O[C@@H](CC=C)CO[Si](c1ccccc1)(c1ccccc1)C(C)(C)C. The van der Waals surface area contributed by atoms with Gasteiger partial charge in [-0.15, -0.1) is 13.2 Å². The molecule has 0 aliphatic carbocycles. The first-order chi connectivity index (χ1) is 13.8. The molecule has 0 aliphatic rings. The Bertz CT molecular complexity index is 754. The van der Waals surface area contributed by atoms with E-state index in [1.165, 1.54) is 10.4 Å². The van der Waals surface area contributed by atoms with Gasteiger partial charge in [-0.1, -0.05) is 93.6 Å². The van der Waals surface area contributed by atoms with Gasteiger partial charge in [-0.05, 0) is 15.4 Å².